The summed E-state index contributed by atoms with van der Waals surface area (Å²) in [4.78, 5) is 1.26. The first-order chi connectivity index (χ1) is 11.4. The first kappa shape index (κ1) is 19.1. The Bertz CT molecular complexity index is 759. The molecule has 136 valence electrons. The molecule has 0 aliphatic rings. The number of hydrogen-bond acceptors (Lipinski definition) is 2. The lowest BCUT2D eigenvalue weighted by molar-refractivity contribution is -0.336. The van der Waals surface area contributed by atoms with Crippen molar-refractivity contribution in [1.82, 2.24) is 0 Å². The topological polar surface area (TPSA) is 23.5 Å². The maximum absolute atomic E-state index is 14.4. The SMILES string of the molecule is CN(C)c1ccccc1C(O)(c1ccccc1F)C(F)(F)C(F)(F)F. The third-order valence-corrected chi connectivity index (χ3v) is 3.85. The van der Waals surface area contributed by atoms with Crippen LogP contribution in [-0.2, 0) is 5.60 Å². The first-order valence-electron chi connectivity index (χ1n) is 7.13. The van der Waals surface area contributed by atoms with Crippen molar-refractivity contribution in [2.75, 3.05) is 19.0 Å². The molecule has 2 aromatic carbocycles. The third-order valence-electron chi connectivity index (χ3n) is 3.85. The molecule has 0 amide bonds. The van der Waals surface area contributed by atoms with Gasteiger partial charge in [0.05, 0.1) is 0 Å². The average molecular weight is 363 g/mol. The highest BCUT2D eigenvalue weighted by atomic mass is 19.4. The largest absolute Gasteiger partial charge is 0.457 e. The number of nitrogens with zero attached hydrogens (tertiary/aromatic N) is 1. The summed E-state index contributed by atoms with van der Waals surface area (Å²) < 4.78 is 82.3. The smallest absolute Gasteiger partial charge is 0.377 e. The Hall–Kier alpha value is -2.22. The number of anilines is 1. The van der Waals surface area contributed by atoms with Gasteiger partial charge in [0.15, 0.2) is 5.60 Å². The van der Waals surface area contributed by atoms with Crippen molar-refractivity contribution < 1.29 is 31.4 Å². The van der Waals surface area contributed by atoms with Crippen molar-refractivity contribution in [3.05, 3.63) is 65.5 Å². The highest BCUT2D eigenvalue weighted by Crippen LogP contribution is 2.53. The maximum Gasteiger partial charge on any atom is 0.457 e. The standard InChI is InChI=1S/C17H15F6NO/c1-24(2)14-10-6-4-8-12(14)15(25,16(19,20)17(21,22)23)11-7-3-5-9-13(11)18/h3-10,25H,1-2H3. The van der Waals surface area contributed by atoms with Gasteiger partial charge in [0.1, 0.15) is 5.82 Å². The Balaban J connectivity index is 2.92. The zero-order chi connectivity index (χ0) is 19.0. The van der Waals surface area contributed by atoms with Gasteiger partial charge in [0, 0.05) is 30.9 Å². The Kier molecular flexibility index (Phi) is 4.78. The quantitative estimate of drug-likeness (QED) is 0.818. The number of alkyl halides is 5. The summed E-state index contributed by atoms with van der Waals surface area (Å²) in [5.41, 5.74) is -5.96. The lowest BCUT2D eigenvalue weighted by atomic mass is 9.79. The van der Waals surface area contributed by atoms with E-state index in [1.54, 1.807) is 0 Å². The van der Waals surface area contributed by atoms with Gasteiger partial charge in [-0.1, -0.05) is 36.4 Å². The molecule has 0 bridgehead atoms. The number of halogens is 6. The van der Waals surface area contributed by atoms with E-state index in [9.17, 15) is 31.4 Å². The van der Waals surface area contributed by atoms with Crippen LogP contribution in [0.1, 0.15) is 11.1 Å². The minimum atomic E-state index is -6.11. The van der Waals surface area contributed by atoms with Gasteiger partial charge in [0.2, 0.25) is 0 Å². The Labute approximate surface area is 140 Å². The highest BCUT2D eigenvalue weighted by molar-refractivity contribution is 5.59. The summed E-state index contributed by atoms with van der Waals surface area (Å²) >= 11 is 0. The molecule has 1 N–H and O–H groups in total. The summed E-state index contributed by atoms with van der Waals surface area (Å²) in [6, 6.07) is 8.41. The van der Waals surface area contributed by atoms with Crippen LogP contribution in [0.15, 0.2) is 48.5 Å². The van der Waals surface area contributed by atoms with E-state index < -0.39 is 34.6 Å². The van der Waals surface area contributed by atoms with Gasteiger partial charge in [-0.25, -0.2) is 4.39 Å². The van der Waals surface area contributed by atoms with Crippen LogP contribution >= 0.6 is 0 Å². The zero-order valence-corrected chi connectivity index (χ0v) is 13.3. The second-order valence-corrected chi connectivity index (χ2v) is 5.67. The van der Waals surface area contributed by atoms with Crippen LogP contribution in [0.5, 0.6) is 0 Å². The van der Waals surface area contributed by atoms with Gasteiger partial charge in [-0.15, -0.1) is 0 Å². The van der Waals surface area contributed by atoms with Crippen LogP contribution in [0.25, 0.3) is 0 Å². The molecule has 0 aromatic heterocycles. The number of aliphatic hydroxyl groups is 1. The van der Waals surface area contributed by atoms with Crippen LogP contribution in [-0.4, -0.2) is 31.3 Å². The average Bonchev–Trinajstić information content (AvgIpc) is 2.53. The van der Waals surface area contributed by atoms with E-state index >= 15 is 0 Å². The maximum atomic E-state index is 14.4. The van der Waals surface area contributed by atoms with Crippen molar-refractivity contribution in [3.8, 4) is 0 Å². The van der Waals surface area contributed by atoms with E-state index in [1.807, 2.05) is 0 Å². The molecule has 0 spiro atoms. The molecule has 1 atom stereocenters. The van der Waals surface area contributed by atoms with Crippen molar-refractivity contribution in [3.63, 3.8) is 0 Å². The fourth-order valence-corrected chi connectivity index (χ4v) is 2.61. The highest BCUT2D eigenvalue weighted by Gasteiger charge is 2.72. The fourth-order valence-electron chi connectivity index (χ4n) is 2.61. The van der Waals surface area contributed by atoms with Crippen LogP contribution in [0, 0.1) is 5.82 Å². The zero-order valence-electron chi connectivity index (χ0n) is 13.3. The van der Waals surface area contributed by atoms with Crippen LogP contribution in [0.2, 0.25) is 0 Å². The summed E-state index contributed by atoms with van der Waals surface area (Å²) in [7, 11) is 2.82. The Morgan fingerprint density at radius 1 is 0.800 bits per heavy atom. The predicted octanol–water partition coefficient (Wildman–Crippen LogP) is 4.33. The number of para-hydroxylation sites is 1. The van der Waals surface area contributed by atoms with Gasteiger partial charge >= 0.3 is 12.1 Å². The van der Waals surface area contributed by atoms with Crippen molar-refractivity contribution in [2.45, 2.75) is 17.7 Å². The molecule has 0 aliphatic carbocycles. The summed E-state index contributed by atoms with van der Waals surface area (Å²) in [5.74, 6) is -7.02. The molecule has 0 heterocycles. The number of rotatable bonds is 4. The second-order valence-electron chi connectivity index (χ2n) is 5.67. The second kappa shape index (κ2) is 6.25. The molecule has 0 radical (unpaired) electrons. The molecular formula is C17H15F6NO. The summed E-state index contributed by atoms with van der Waals surface area (Å²) in [6.07, 6.45) is -6.11. The molecular weight excluding hydrogens is 348 g/mol. The van der Waals surface area contributed by atoms with Gasteiger partial charge in [-0.2, -0.15) is 22.0 Å². The first-order valence-corrected chi connectivity index (χ1v) is 7.13. The minimum absolute atomic E-state index is 0.0998. The fraction of sp³-hybridized carbons (Fsp3) is 0.294. The molecule has 25 heavy (non-hydrogen) atoms. The summed E-state index contributed by atoms with van der Waals surface area (Å²) in [5, 5.41) is 10.7. The molecule has 1 unspecified atom stereocenters. The van der Waals surface area contributed by atoms with Gasteiger partial charge in [0.25, 0.3) is 0 Å². The molecule has 2 rings (SSSR count). The van der Waals surface area contributed by atoms with E-state index in [2.05, 4.69) is 0 Å². The molecule has 2 nitrogen and oxygen atoms in total. The van der Waals surface area contributed by atoms with Crippen LogP contribution in [0.4, 0.5) is 32.0 Å². The monoisotopic (exact) mass is 363 g/mol. The lowest BCUT2D eigenvalue weighted by Crippen LogP contribution is -2.56. The molecule has 0 aliphatic heterocycles. The molecule has 0 fully saturated rings. The van der Waals surface area contributed by atoms with Crippen molar-refractivity contribution in [2.24, 2.45) is 0 Å². The molecule has 2 aromatic rings. The summed E-state index contributed by atoms with van der Waals surface area (Å²) in [6.45, 7) is 0. The van der Waals surface area contributed by atoms with Gasteiger partial charge < -0.3 is 10.0 Å². The van der Waals surface area contributed by atoms with Crippen LogP contribution in [0.3, 0.4) is 0 Å². The Morgan fingerprint density at radius 3 is 1.76 bits per heavy atom. The Morgan fingerprint density at radius 2 is 1.28 bits per heavy atom. The van der Waals surface area contributed by atoms with E-state index in [0.717, 1.165) is 18.2 Å². The van der Waals surface area contributed by atoms with Crippen molar-refractivity contribution >= 4 is 5.69 Å². The van der Waals surface area contributed by atoms with Gasteiger partial charge in [-0.3, -0.25) is 0 Å². The van der Waals surface area contributed by atoms with E-state index in [4.69, 9.17) is 0 Å². The van der Waals surface area contributed by atoms with E-state index in [-0.39, 0.29) is 5.69 Å². The van der Waals surface area contributed by atoms with E-state index in [0.29, 0.717) is 12.1 Å². The number of hydrogen-bond donors (Lipinski definition) is 1. The molecule has 0 saturated carbocycles. The lowest BCUT2D eigenvalue weighted by Gasteiger charge is -2.39. The van der Waals surface area contributed by atoms with Crippen molar-refractivity contribution in [1.29, 1.82) is 0 Å². The predicted molar refractivity (Wildman–Crippen MR) is 81.2 cm³/mol. The molecule has 8 heteroatoms. The van der Waals surface area contributed by atoms with Gasteiger partial charge in [-0.05, 0) is 12.1 Å². The minimum Gasteiger partial charge on any atom is -0.377 e. The number of benzene rings is 2. The third kappa shape index (κ3) is 2.95. The van der Waals surface area contributed by atoms with E-state index in [1.165, 1.54) is 37.2 Å². The van der Waals surface area contributed by atoms with Crippen LogP contribution < -0.4 is 4.90 Å². The normalized spacial score (nSPS) is 14.9. The molecule has 0 saturated heterocycles.